The van der Waals surface area contributed by atoms with Gasteiger partial charge in [0.15, 0.2) is 0 Å². The predicted octanol–water partition coefficient (Wildman–Crippen LogP) is 4.19. The normalized spacial score (nSPS) is 10.7. The summed E-state index contributed by atoms with van der Waals surface area (Å²) in [6.07, 6.45) is 0.623. The fourth-order valence-corrected chi connectivity index (χ4v) is 3.64. The summed E-state index contributed by atoms with van der Waals surface area (Å²) in [6, 6.07) is 13.3. The second kappa shape index (κ2) is 9.67. The molecule has 3 rings (SSSR count). The minimum atomic E-state index is -0.141. The highest BCUT2D eigenvalue weighted by Crippen LogP contribution is 2.24. The Labute approximate surface area is 181 Å². The van der Waals surface area contributed by atoms with E-state index in [1.165, 1.54) is 0 Å². The van der Waals surface area contributed by atoms with Crippen LogP contribution < -0.4 is 14.8 Å². The number of hydrogen-bond donors (Lipinski definition) is 1. The molecule has 0 bridgehead atoms. The molecule has 0 aliphatic rings. The van der Waals surface area contributed by atoms with Crippen LogP contribution in [0, 0.1) is 13.8 Å². The van der Waals surface area contributed by atoms with Crippen molar-refractivity contribution in [2.75, 3.05) is 20.8 Å². The van der Waals surface area contributed by atoms with Gasteiger partial charge in [-0.2, -0.15) is 5.10 Å². The Hall–Kier alpha value is -2.99. The standard InChI is InChI=1S/C23H26ClN3O3/c1-15-22(16(2)27(26-15)14-18-7-5-6-8-20(18)24)23(28)25-12-11-17-13-19(29-3)9-10-21(17)30-4/h5-10,13H,11-12,14H2,1-4H3,(H,25,28). The maximum absolute atomic E-state index is 12.8. The molecule has 0 aliphatic carbocycles. The molecule has 0 radical (unpaired) electrons. The maximum Gasteiger partial charge on any atom is 0.255 e. The van der Waals surface area contributed by atoms with Crippen molar-refractivity contribution in [1.29, 1.82) is 0 Å². The van der Waals surface area contributed by atoms with Crippen molar-refractivity contribution >= 4 is 17.5 Å². The van der Waals surface area contributed by atoms with Gasteiger partial charge in [0, 0.05) is 17.3 Å². The molecule has 0 fully saturated rings. The number of benzene rings is 2. The van der Waals surface area contributed by atoms with Crippen LogP contribution in [0.3, 0.4) is 0 Å². The van der Waals surface area contributed by atoms with Crippen LogP contribution in [0.4, 0.5) is 0 Å². The number of amides is 1. The topological polar surface area (TPSA) is 65.4 Å². The number of nitrogens with one attached hydrogen (secondary N) is 1. The van der Waals surface area contributed by atoms with Crippen LogP contribution >= 0.6 is 11.6 Å². The Kier molecular flexibility index (Phi) is 7.00. The van der Waals surface area contributed by atoms with E-state index in [-0.39, 0.29) is 5.91 Å². The molecule has 0 aliphatic heterocycles. The zero-order chi connectivity index (χ0) is 21.7. The Balaban J connectivity index is 1.69. The molecule has 158 valence electrons. The monoisotopic (exact) mass is 427 g/mol. The molecule has 6 nitrogen and oxygen atoms in total. The van der Waals surface area contributed by atoms with Crippen LogP contribution in [0.2, 0.25) is 5.02 Å². The third-order valence-corrected chi connectivity index (χ3v) is 5.42. The molecule has 1 N–H and O–H groups in total. The molecule has 0 saturated heterocycles. The second-order valence-corrected chi connectivity index (χ2v) is 7.39. The summed E-state index contributed by atoms with van der Waals surface area (Å²) in [4.78, 5) is 12.8. The van der Waals surface area contributed by atoms with Gasteiger partial charge >= 0.3 is 0 Å². The summed E-state index contributed by atoms with van der Waals surface area (Å²) in [5, 5.41) is 8.22. The zero-order valence-electron chi connectivity index (χ0n) is 17.7. The first-order valence-electron chi connectivity index (χ1n) is 9.71. The summed E-state index contributed by atoms with van der Waals surface area (Å²) in [6.45, 7) is 4.73. The predicted molar refractivity (Wildman–Crippen MR) is 118 cm³/mol. The first-order chi connectivity index (χ1) is 14.4. The van der Waals surface area contributed by atoms with Crippen molar-refractivity contribution in [3.63, 3.8) is 0 Å². The Morgan fingerprint density at radius 3 is 2.57 bits per heavy atom. The number of methoxy groups -OCH3 is 2. The van der Waals surface area contributed by atoms with E-state index in [4.69, 9.17) is 21.1 Å². The van der Waals surface area contributed by atoms with Crippen LogP contribution in [0.15, 0.2) is 42.5 Å². The fraction of sp³-hybridized carbons (Fsp3) is 0.304. The van der Waals surface area contributed by atoms with E-state index in [9.17, 15) is 4.79 Å². The number of rotatable bonds is 8. The van der Waals surface area contributed by atoms with Gasteiger partial charge in [0.05, 0.1) is 32.0 Å². The van der Waals surface area contributed by atoms with E-state index in [1.54, 1.807) is 14.2 Å². The van der Waals surface area contributed by atoms with E-state index >= 15 is 0 Å². The second-order valence-electron chi connectivity index (χ2n) is 6.98. The highest BCUT2D eigenvalue weighted by molar-refractivity contribution is 6.31. The molecule has 7 heteroatoms. The van der Waals surface area contributed by atoms with Crippen LogP contribution in [-0.2, 0) is 13.0 Å². The molecule has 1 heterocycles. The van der Waals surface area contributed by atoms with Gasteiger partial charge in [-0.3, -0.25) is 9.48 Å². The quantitative estimate of drug-likeness (QED) is 0.585. The number of aryl methyl sites for hydroxylation is 1. The number of ether oxygens (including phenoxy) is 2. The third kappa shape index (κ3) is 4.76. The van der Waals surface area contributed by atoms with E-state index < -0.39 is 0 Å². The van der Waals surface area contributed by atoms with Gasteiger partial charge in [-0.15, -0.1) is 0 Å². The van der Waals surface area contributed by atoms with Gasteiger partial charge < -0.3 is 14.8 Å². The van der Waals surface area contributed by atoms with Gasteiger partial charge in [0.25, 0.3) is 5.91 Å². The third-order valence-electron chi connectivity index (χ3n) is 5.05. The molecule has 0 unspecified atom stereocenters. The highest BCUT2D eigenvalue weighted by atomic mass is 35.5. The molecular formula is C23H26ClN3O3. The van der Waals surface area contributed by atoms with Gasteiger partial charge in [0.1, 0.15) is 11.5 Å². The summed E-state index contributed by atoms with van der Waals surface area (Å²) in [5.41, 5.74) is 4.03. The molecule has 3 aromatic rings. The summed E-state index contributed by atoms with van der Waals surface area (Å²) in [7, 11) is 3.25. The lowest BCUT2D eigenvalue weighted by Crippen LogP contribution is -2.27. The molecule has 0 spiro atoms. The summed E-state index contributed by atoms with van der Waals surface area (Å²) in [5.74, 6) is 1.38. The van der Waals surface area contributed by atoms with Crippen LogP contribution in [0.5, 0.6) is 11.5 Å². The van der Waals surface area contributed by atoms with Crippen LogP contribution in [0.25, 0.3) is 0 Å². The molecule has 1 aromatic heterocycles. The maximum atomic E-state index is 12.8. The van der Waals surface area contributed by atoms with Crippen molar-refractivity contribution in [1.82, 2.24) is 15.1 Å². The van der Waals surface area contributed by atoms with Gasteiger partial charge in [-0.1, -0.05) is 29.8 Å². The van der Waals surface area contributed by atoms with Crippen molar-refractivity contribution in [3.8, 4) is 11.5 Å². The van der Waals surface area contributed by atoms with Gasteiger partial charge in [-0.25, -0.2) is 0 Å². The number of carbonyl (C=O) groups excluding carboxylic acids is 1. The first kappa shape index (κ1) is 21.7. The largest absolute Gasteiger partial charge is 0.497 e. The van der Waals surface area contributed by atoms with E-state index in [0.29, 0.717) is 35.8 Å². The lowest BCUT2D eigenvalue weighted by molar-refractivity contribution is 0.0952. The van der Waals surface area contributed by atoms with E-state index in [0.717, 1.165) is 28.3 Å². The smallest absolute Gasteiger partial charge is 0.255 e. The number of nitrogens with zero attached hydrogens (tertiary/aromatic N) is 2. The Morgan fingerprint density at radius 2 is 1.87 bits per heavy atom. The lowest BCUT2D eigenvalue weighted by Gasteiger charge is -2.11. The van der Waals surface area contributed by atoms with Gasteiger partial charge in [0.2, 0.25) is 0 Å². The summed E-state index contributed by atoms with van der Waals surface area (Å²) >= 11 is 6.27. The average Bonchev–Trinajstić information content (AvgIpc) is 3.02. The van der Waals surface area contributed by atoms with E-state index in [1.807, 2.05) is 61.0 Å². The number of hydrogen-bond acceptors (Lipinski definition) is 4. The summed E-state index contributed by atoms with van der Waals surface area (Å²) < 4.78 is 12.5. The lowest BCUT2D eigenvalue weighted by atomic mass is 10.1. The highest BCUT2D eigenvalue weighted by Gasteiger charge is 2.19. The van der Waals surface area contributed by atoms with E-state index in [2.05, 4.69) is 10.4 Å². The SMILES string of the molecule is COc1ccc(OC)c(CCNC(=O)c2c(C)nn(Cc3ccccc3Cl)c2C)c1. The minimum Gasteiger partial charge on any atom is -0.497 e. The average molecular weight is 428 g/mol. The molecule has 0 saturated carbocycles. The van der Waals surface area contributed by atoms with Crippen molar-refractivity contribution in [3.05, 3.63) is 75.6 Å². The molecule has 1 amide bonds. The van der Waals surface area contributed by atoms with Crippen molar-refractivity contribution in [2.24, 2.45) is 0 Å². The van der Waals surface area contributed by atoms with Crippen LogP contribution in [-0.4, -0.2) is 36.5 Å². The molecule has 0 atom stereocenters. The molecule has 2 aromatic carbocycles. The first-order valence-corrected chi connectivity index (χ1v) is 10.1. The van der Waals surface area contributed by atoms with Gasteiger partial charge in [-0.05, 0) is 55.7 Å². The van der Waals surface area contributed by atoms with Crippen LogP contribution in [0.1, 0.15) is 32.9 Å². The van der Waals surface area contributed by atoms with Crippen molar-refractivity contribution < 1.29 is 14.3 Å². The number of carbonyl (C=O) groups is 1. The fourth-order valence-electron chi connectivity index (χ4n) is 3.44. The molecular weight excluding hydrogens is 402 g/mol. The number of aromatic nitrogens is 2. The zero-order valence-corrected chi connectivity index (χ0v) is 18.4. The Bertz CT molecular complexity index is 1050. The Morgan fingerprint density at radius 1 is 1.10 bits per heavy atom. The van der Waals surface area contributed by atoms with Crippen molar-refractivity contribution in [2.45, 2.75) is 26.8 Å². The minimum absolute atomic E-state index is 0.141. The molecule has 30 heavy (non-hydrogen) atoms. The number of halogens is 1.